The summed E-state index contributed by atoms with van der Waals surface area (Å²) in [6.07, 6.45) is 1.94. The minimum absolute atomic E-state index is 0.0146. The Morgan fingerprint density at radius 2 is 2.04 bits per heavy atom. The van der Waals surface area contributed by atoms with Gasteiger partial charge < -0.3 is 14.7 Å². The third-order valence-corrected chi connectivity index (χ3v) is 4.57. The van der Waals surface area contributed by atoms with Gasteiger partial charge in [0.2, 0.25) is 0 Å². The molecular weight excluding hydrogens is 322 g/mol. The Hall–Kier alpha value is -2.59. The van der Waals surface area contributed by atoms with Gasteiger partial charge in [-0.15, -0.1) is 0 Å². The second kappa shape index (κ2) is 7.53. The SMILES string of the molecule is N#CCc1ccc(OCC(O)CN2C(=O)C3CCCCN3C2=O)cc1. The van der Waals surface area contributed by atoms with Crippen molar-refractivity contribution in [2.24, 2.45) is 0 Å². The minimum atomic E-state index is -0.951. The van der Waals surface area contributed by atoms with Crippen molar-refractivity contribution >= 4 is 11.9 Å². The number of fused-ring (bicyclic) bond motifs is 1. The van der Waals surface area contributed by atoms with Crippen molar-refractivity contribution in [2.75, 3.05) is 19.7 Å². The van der Waals surface area contributed by atoms with Gasteiger partial charge >= 0.3 is 6.03 Å². The molecule has 0 aliphatic carbocycles. The van der Waals surface area contributed by atoms with Gasteiger partial charge in [0, 0.05) is 6.54 Å². The fraction of sp³-hybridized carbons (Fsp3) is 0.500. The van der Waals surface area contributed by atoms with Crippen LogP contribution in [0.1, 0.15) is 24.8 Å². The molecule has 0 radical (unpaired) electrons. The summed E-state index contributed by atoms with van der Waals surface area (Å²) in [6.45, 7) is 0.532. The molecule has 1 N–H and O–H groups in total. The van der Waals surface area contributed by atoms with Gasteiger partial charge in [-0.05, 0) is 37.0 Å². The third-order valence-electron chi connectivity index (χ3n) is 4.57. The lowest BCUT2D eigenvalue weighted by atomic mass is 10.0. The van der Waals surface area contributed by atoms with Crippen molar-refractivity contribution in [3.63, 3.8) is 0 Å². The van der Waals surface area contributed by atoms with E-state index in [1.807, 2.05) is 0 Å². The first-order valence-corrected chi connectivity index (χ1v) is 8.49. The lowest BCUT2D eigenvalue weighted by Crippen LogP contribution is -2.40. The van der Waals surface area contributed by atoms with Gasteiger partial charge in [-0.1, -0.05) is 12.1 Å². The molecule has 2 unspecified atom stereocenters. The van der Waals surface area contributed by atoms with Gasteiger partial charge in [-0.2, -0.15) is 5.26 Å². The summed E-state index contributed by atoms with van der Waals surface area (Å²) in [7, 11) is 0. The Bertz CT molecular complexity index is 659. The molecule has 2 fully saturated rings. The number of β-amino-alcohol motifs (C(OH)–C–C–N with tert-alkyl or cyclic N) is 1. The molecule has 0 saturated carbocycles. The number of ether oxygens (including phenoxy) is 1. The Balaban J connectivity index is 1.52. The number of amides is 3. The number of urea groups is 1. The van der Waals surface area contributed by atoms with E-state index in [4.69, 9.17) is 10.00 Å². The maximum atomic E-state index is 12.3. The number of nitrogens with zero attached hydrogens (tertiary/aromatic N) is 3. The topological polar surface area (TPSA) is 93.9 Å². The van der Waals surface area contributed by atoms with Crippen LogP contribution >= 0.6 is 0 Å². The zero-order valence-electron chi connectivity index (χ0n) is 13.9. The van der Waals surface area contributed by atoms with E-state index in [0.29, 0.717) is 25.1 Å². The largest absolute Gasteiger partial charge is 0.491 e. The van der Waals surface area contributed by atoms with E-state index in [2.05, 4.69) is 6.07 Å². The van der Waals surface area contributed by atoms with Gasteiger partial charge in [0.05, 0.1) is 19.0 Å². The maximum Gasteiger partial charge on any atom is 0.327 e. The highest BCUT2D eigenvalue weighted by Gasteiger charge is 2.46. The molecule has 2 atom stereocenters. The third kappa shape index (κ3) is 3.74. The molecular formula is C18H21N3O4. The lowest BCUT2D eigenvalue weighted by Gasteiger charge is -2.26. The molecule has 1 aromatic rings. The highest BCUT2D eigenvalue weighted by Crippen LogP contribution is 2.26. The summed E-state index contributed by atoms with van der Waals surface area (Å²) >= 11 is 0. The Labute approximate surface area is 146 Å². The summed E-state index contributed by atoms with van der Waals surface area (Å²) in [5.41, 5.74) is 0.889. The molecule has 0 aromatic heterocycles. The number of imide groups is 1. The van der Waals surface area contributed by atoms with Gasteiger partial charge in [0.25, 0.3) is 5.91 Å². The summed E-state index contributed by atoms with van der Waals surface area (Å²) in [4.78, 5) is 27.4. The van der Waals surface area contributed by atoms with Crippen LogP contribution in [0, 0.1) is 11.3 Å². The highest BCUT2D eigenvalue weighted by atomic mass is 16.5. The van der Waals surface area contributed by atoms with Crippen LogP contribution in [-0.2, 0) is 11.2 Å². The van der Waals surface area contributed by atoms with E-state index in [-0.39, 0.29) is 31.1 Å². The Morgan fingerprint density at radius 3 is 2.72 bits per heavy atom. The average Bonchev–Trinajstić information content (AvgIpc) is 2.87. The van der Waals surface area contributed by atoms with Gasteiger partial charge in [-0.3, -0.25) is 9.69 Å². The number of piperidine rings is 1. The van der Waals surface area contributed by atoms with E-state index < -0.39 is 6.10 Å². The van der Waals surface area contributed by atoms with Crippen LogP contribution in [-0.4, -0.2) is 58.7 Å². The zero-order chi connectivity index (χ0) is 17.8. The van der Waals surface area contributed by atoms with Crippen LogP contribution in [0.5, 0.6) is 5.75 Å². The van der Waals surface area contributed by atoms with Crippen LogP contribution in [0.25, 0.3) is 0 Å². The molecule has 2 saturated heterocycles. The molecule has 1 aromatic carbocycles. The molecule has 3 amide bonds. The molecule has 0 bridgehead atoms. The standard InChI is InChI=1S/C18H21N3O4/c19-9-8-13-4-6-15(7-5-13)25-12-14(22)11-21-17(23)16-3-1-2-10-20(16)18(21)24/h4-7,14,16,22H,1-3,8,10-12H2. The Morgan fingerprint density at radius 1 is 1.28 bits per heavy atom. The van der Waals surface area contributed by atoms with Crippen LogP contribution in [0.3, 0.4) is 0 Å². The zero-order valence-corrected chi connectivity index (χ0v) is 13.9. The molecule has 25 heavy (non-hydrogen) atoms. The predicted octanol–water partition coefficient (Wildman–Crippen LogP) is 1.31. The molecule has 2 heterocycles. The first kappa shape index (κ1) is 17.2. The second-order valence-electron chi connectivity index (χ2n) is 6.38. The first-order chi connectivity index (χ1) is 12.1. The number of hydrogen-bond acceptors (Lipinski definition) is 5. The maximum absolute atomic E-state index is 12.3. The molecule has 3 rings (SSSR count). The fourth-order valence-corrected chi connectivity index (χ4v) is 3.27. The highest BCUT2D eigenvalue weighted by molar-refractivity contribution is 6.04. The number of carbonyl (C=O) groups excluding carboxylic acids is 2. The van der Waals surface area contributed by atoms with Crippen LogP contribution in [0.2, 0.25) is 0 Å². The lowest BCUT2D eigenvalue weighted by molar-refractivity contribution is -0.129. The number of benzene rings is 1. The number of nitriles is 1. The Kier molecular flexibility index (Phi) is 5.19. The number of aliphatic hydroxyl groups is 1. The molecule has 132 valence electrons. The summed E-state index contributed by atoms with van der Waals surface area (Å²) < 4.78 is 5.50. The van der Waals surface area contributed by atoms with Crippen molar-refractivity contribution in [2.45, 2.75) is 37.8 Å². The van der Waals surface area contributed by atoms with Crippen molar-refractivity contribution in [1.82, 2.24) is 9.80 Å². The molecule has 7 heteroatoms. The molecule has 2 aliphatic rings. The number of carbonyl (C=O) groups is 2. The second-order valence-corrected chi connectivity index (χ2v) is 6.38. The van der Waals surface area contributed by atoms with Gasteiger partial charge in [0.15, 0.2) is 0 Å². The van der Waals surface area contributed by atoms with Gasteiger partial charge in [0.1, 0.15) is 24.5 Å². The van der Waals surface area contributed by atoms with Crippen LogP contribution in [0.15, 0.2) is 24.3 Å². The van der Waals surface area contributed by atoms with Crippen molar-refractivity contribution < 1.29 is 19.4 Å². The number of hydrogen-bond donors (Lipinski definition) is 1. The fourth-order valence-electron chi connectivity index (χ4n) is 3.27. The monoisotopic (exact) mass is 343 g/mol. The first-order valence-electron chi connectivity index (χ1n) is 8.49. The van der Waals surface area contributed by atoms with Crippen LogP contribution in [0.4, 0.5) is 4.79 Å². The minimum Gasteiger partial charge on any atom is -0.491 e. The predicted molar refractivity (Wildman–Crippen MR) is 88.7 cm³/mol. The van der Waals surface area contributed by atoms with E-state index >= 15 is 0 Å². The van der Waals surface area contributed by atoms with Crippen LogP contribution < -0.4 is 4.74 Å². The normalized spacial score (nSPS) is 21.0. The molecule has 7 nitrogen and oxygen atoms in total. The summed E-state index contributed by atoms with van der Waals surface area (Å²) in [5, 5.41) is 18.8. The van der Waals surface area contributed by atoms with E-state index in [9.17, 15) is 14.7 Å². The van der Waals surface area contributed by atoms with Crippen molar-refractivity contribution in [1.29, 1.82) is 5.26 Å². The van der Waals surface area contributed by atoms with Gasteiger partial charge in [-0.25, -0.2) is 4.79 Å². The number of aliphatic hydroxyl groups excluding tert-OH is 1. The average molecular weight is 343 g/mol. The van der Waals surface area contributed by atoms with E-state index in [1.54, 1.807) is 29.2 Å². The molecule has 0 spiro atoms. The summed E-state index contributed by atoms with van der Waals surface area (Å²) in [5.74, 6) is 0.349. The molecule has 2 aliphatic heterocycles. The van der Waals surface area contributed by atoms with E-state index in [1.165, 1.54) is 0 Å². The summed E-state index contributed by atoms with van der Waals surface area (Å²) in [6, 6.07) is 8.43. The van der Waals surface area contributed by atoms with Crippen molar-refractivity contribution in [3.8, 4) is 11.8 Å². The van der Waals surface area contributed by atoms with E-state index in [0.717, 1.165) is 23.3 Å². The smallest absolute Gasteiger partial charge is 0.327 e. The quantitative estimate of drug-likeness (QED) is 0.786. The number of rotatable bonds is 6. The van der Waals surface area contributed by atoms with Crippen molar-refractivity contribution in [3.05, 3.63) is 29.8 Å².